The third-order valence-electron chi connectivity index (χ3n) is 2.93. The Hall–Kier alpha value is -1.31. The Balaban J connectivity index is 0.000000457. The number of benzene rings is 1. The summed E-state index contributed by atoms with van der Waals surface area (Å²) >= 11 is 0. The first-order valence-electron chi connectivity index (χ1n) is 6.24. The summed E-state index contributed by atoms with van der Waals surface area (Å²) in [7, 11) is 0. The topological polar surface area (TPSA) is 17.8 Å². The van der Waals surface area contributed by atoms with Gasteiger partial charge in [0, 0.05) is 6.54 Å². The lowest BCUT2D eigenvalue weighted by Gasteiger charge is -2.02. The van der Waals surface area contributed by atoms with Crippen LogP contribution in [0, 0.1) is 12.8 Å². The van der Waals surface area contributed by atoms with Gasteiger partial charge >= 0.3 is 0 Å². The van der Waals surface area contributed by atoms with Crippen LogP contribution in [0.1, 0.15) is 32.3 Å². The number of nitrogens with zero attached hydrogens (tertiary/aromatic N) is 2. The van der Waals surface area contributed by atoms with Crippen molar-refractivity contribution >= 4 is 11.0 Å². The highest BCUT2D eigenvalue weighted by molar-refractivity contribution is 5.75. The first-order valence-corrected chi connectivity index (χ1v) is 6.24. The van der Waals surface area contributed by atoms with Gasteiger partial charge in [-0.25, -0.2) is 4.98 Å². The zero-order valence-electron chi connectivity index (χ0n) is 10.4. The summed E-state index contributed by atoms with van der Waals surface area (Å²) in [4.78, 5) is 4.40. The zero-order chi connectivity index (χ0) is 11.5. The van der Waals surface area contributed by atoms with Crippen LogP contribution in [0.4, 0.5) is 0 Å². The SMILES string of the molecule is CC.Cc1ccc2ncn(CC3CC3)c2c1. The van der Waals surface area contributed by atoms with E-state index >= 15 is 0 Å². The Bertz CT molecular complexity index is 467. The molecule has 2 nitrogen and oxygen atoms in total. The Morgan fingerprint density at radius 2 is 2.06 bits per heavy atom. The van der Waals surface area contributed by atoms with Crippen LogP contribution in [0.2, 0.25) is 0 Å². The van der Waals surface area contributed by atoms with Gasteiger partial charge < -0.3 is 4.57 Å². The van der Waals surface area contributed by atoms with Crippen molar-refractivity contribution in [2.24, 2.45) is 5.92 Å². The largest absolute Gasteiger partial charge is 0.330 e. The lowest BCUT2D eigenvalue weighted by Crippen LogP contribution is -1.97. The Kier molecular flexibility index (Phi) is 3.28. The highest BCUT2D eigenvalue weighted by Gasteiger charge is 2.22. The molecule has 1 aliphatic rings. The molecule has 0 spiro atoms. The van der Waals surface area contributed by atoms with E-state index in [1.165, 1.54) is 23.9 Å². The fourth-order valence-electron chi connectivity index (χ4n) is 1.89. The molecule has 16 heavy (non-hydrogen) atoms. The number of hydrogen-bond acceptors (Lipinski definition) is 1. The molecule has 1 aromatic heterocycles. The monoisotopic (exact) mass is 216 g/mol. The molecular formula is C14H20N2. The fourth-order valence-corrected chi connectivity index (χ4v) is 1.89. The van der Waals surface area contributed by atoms with E-state index in [4.69, 9.17) is 0 Å². The maximum Gasteiger partial charge on any atom is 0.0958 e. The first-order chi connectivity index (χ1) is 7.83. The Morgan fingerprint density at radius 3 is 2.75 bits per heavy atom. The van der Waals surface area contributed by atoms with Gasteiger partial charge in [0.1, 0.15) is 0 Å². The summed E-state index contributed by atoms with van der Waals surface area (Å²) in [5.41, 5.74) is 3.73. The average Bonchev–Trinajstić information content (AvgIpc) is 3.04. The Labute approximate surface area is 97.3 Å². The van der Waals surface area contributed by atoms with E-state index in [1.807, 2.05) is 20.2 Å². The van der Waals surface area contributed by atoms with Crippen LogP contribution in [0.25, 0.3) is 11.0 Å². The number of aromatic nitrogens is 2. The van der Waals surface area contributed by atoms with Gasteiger partial charge in [-0.2, -0.15) is 0 Å². The predicted molar refractivity (Wildman–Crippen MR) is 68.5 cm³/mol. The van der Waals surface area contributed by atoms with E-state index in [0.29, 0.717) is 0 Å². The van der Waals surface area contributed by atoms with Crippen molar-refractivity contribution in [3.8, 4) is 0 Å². The smallest absolute Gasteiger partial charge is 0.0958 e. The molecule has 0 unspecified atom stereocenters. The van der Waals surface area contributed by atoms with Gasteiger partial charge in [-0.15, -0.1) is 0 Å². The maximum atomic E-state index is 4.40. The lowest BCUT2D eigenvalue weighted by atomic mass is 10.2. The van der Waals surface area contributed by atoms with Crippen molar-refractivity contribution in [2.45, 2.75) is 40.2 Å². The number of hydrogen-bond donors (Lipinski definition) is 0. The first kappa shape index (κ1) is 11.2. The molecule has 0 bridgehead atoms. The normalized spacial score (nSPS) is 14.7. The van der Waals surface area contributed by atoms with Crippen LogP contribution in [0.3, 0.4) is 0 Å². The second-order valence-electron chi connectivity index (χ2n) is 4.33. The minimum atomic E-state index is 0.910. The van der Waals surface area contributed by atoms with E-state index in [1.54, 1.807) is 0 Å². The number of aryl methyl sites for hydroxylation is 1. The molecule has 1 heterocycles. The second kappa shape index (κ2) is 4.69. The summed E-state index contributed by atoms with van der Waals surface area (Å²) < 4.78 is 2.29. The molecule has 3 rings (SSSR count). The van der Waals surface area contributed by atoms with Crippen molar-refractivity contribution in [2.75, 3.05) is 0 Å². The molecule has 0 N–H and O–H groups in total. The maximum absolute atomic E-state index is 4.40. The minimum absolute atomic E-state index is 0.910. The summed E-state index contributed by atoms with van der Waals surface area (Å²) in [5.74, 6) is 0.910. The second-order valence-corrected chi connectivity index (χ2v) is 4.33. The molecule has 0 atom stereocenters. The Morgan fingerprint density at radius 1 is 1.31 bits per heavy atom. The van der Waals surface area contributed by atoms with Gasteiger partial charge in [-0.1, -0.05) is 19.9 Å². The third kappa shape index (κ3) is 2.26. The molecule has 1 saturated carbocycles. The van der Waals surface area contributed by atoms with Crippen LogP contribution in [-0.4, -0.2) is 9.55 Å². The van der Waals surface area contributed by atoms with E-state index in [9.17, 15) is 0 Å². The van der Waals surface area contributed by atoms with Gasteiger partial charge in [-0.3, -0.25) is 0 Å². The van der Waals surface area contributed by atoms with E-state index in [0.717, 1.165) is 18.0 Å². The van der Waals surface area contributed by atoms with Gasteiger partial charge in [0.25, 0.3) is 0 Å². The van der Waals surface area contributed by atoms with Crippen LogP contribution in [-0.2, 0) is 6.54 Å². The standard InChI is InChI=1S/C12H14N2.C2H6/c1-9-2-5-11-12(6-9)14(8-13-11)7-10-3-4-10;1-2/h2,5-6,8,10H,3-4,7H2,1H3;1-2H3. The van der Waals surface area contributed by atoms with Crippen LogP contribution >= 0.6 is 0 Å². The molecular weight excluding hydrogens is 196 g/mol. The molecule has 0 saturated heterocycles. The van der Waals surface area contributed by atoms with E-state index in [-0.39, 0.29) is 0 Å². The van der Waals surface area contributed by atoms with Gasteiger partial charge in [0.2, 0.25) is 0 Å². The molecule has 0 radical (unpaired) electrons. The van der Waals surface area contributed by atoms with Crippen molar-refractivity contribution < 1.29 is 0 Å². The number of rotatable bonds is 2. The summed E-state index contributed by atoms with van der Waals surface area (Å²) in [6, 6.07) is 6.45. The van der Waals surface area contributed by atoms with Gasteiger partial charge in [-0.05, 0) is 43.4 Å². The summed E-state index contributed by atoms with van der Waals surface area (Å²) in [5, 5.41) is 0. The predicted octanol–water partition coefficient (Wildman–Crippen LogP) is 3.78. The number of fused-ring (bicyclic) bond motifs is 1. The summed E-state index contributed by atoms with van der Waals surface area (Å²) in [6.07, 6.45) is 4.76. The zero-order valence-corrected chi connectivity index (χ0v) is 10.4. The van der Waals surface area contributed by atoms with Crippen molar-refractivity contribution in [3.63, 3.8) is 0 Å². The molecule has 0 amide bonds. The summed E-state index contributed by atoms with van der Waals surface area (Å²) in [6.45, 7) is 7.29. The molecule has 86 valence electrons. The number of imidazole rings is 1. The minimum Gasteiger partial charge on any atom is -0.330 e. The van der Waals surface area contributed by atoms with E-state index < -0.39 is 0 Å². The lowest BCUT2D eigenvalue weighted by molar-refractivity contribution is 0.642. The van der Waals surface area contributed by atoms with Crippen LogP contribution in [0.5, 0.6) is 0 Å². The van der Waals surface area contributed by atoms with Crippen LogP contribution < -0.4 is 0 Å². The van der Waals surface area contributed by atoms with Crippen molar-refractivity contribution in [3.05, 3.63) is 30.1 Å². The highest BCUT2D eigenvalue weighted by atomic mass is 15.0. The van der Waals surface area contributed by atoms with E-state index in [2.05, 4.69) is 34.7 Å². The van der Waals surface area contributed by atoms with Gasteiger partial charge in [0.05, 0.1) is 17.4 Å². The molecule has 2 heteroatoms. The van der Waals surface area contributed by atoms with Crippen molar-refractivity contribution in [1.82, 2.24) is 9.55 Å². The van der Waals surface area contributed by atoms with Crippen molar-refractivity contribution in [1.29, 1.82) is 0 Å². The van der Waals surface area contributed by atoms with Crippen LogP contribution in [0.15, 0.2) is 24.5 Å². The third-order valence-corrected chi connectivity index (χ3v) is 2.93. The molecule has 1 aliphatic carbocycles. The molecule has 0 aliphatic heterocycles. The molecule has 2 aromatic rings. The fraction of sp³-hybridized carbons (Fsp3) is 0.500. The average molecular weight is 216 g/mol. The quantitative estimate of drug-likeness (QED) is 0.747. The molecule has 1 fully saturated rings. The molecule has 1 aromatic carbocycles. The highest BCUT2D eigenvalue weighted by Crippen LogP contribution is 2.31. The van der Waals surface area contributed by atoms with Gasteiger partial charge in [0.15, 0.2) is 0 Å².